The summed E-state index contributed by atoms with van der Waals surface area (Å²) in [5.41, 5.74) is 0. The zero-order chi connectivity index (χ0) is 15.6. The van der Waals surface area contributed by atoms with Crippen molar-refractivity contribution in [3.05, 3.63) is 30.1 Å². The summed E-state index contributed by atoms with van der Waals surface area (Å²) in [5, 5.41) is 0. The Morgan fingerprint density at radius 1 is 1.18 bits per heavy atom. The van der Waals surface area contributed by atoms with Crippen molar-refractivity contribution >= 4 is 10.0 Å². The first kappa shape index (κ1) is 15.9. The van der Waals surface area contributed by atoms with Gasteiger partial charge in [0.1, 0.15) is 5.82 Å². The molecule has 7 heteroatoms. The monoisotopic (exact) mass is 329 g/mol. The molecule has 122 valence electrons. The summed E-state index contributed by atoms with van der Waals surface area (Å²) in [6.45, 7) is 0.549. The molecule has 1 N–H and O–H groups in total. The molecule has 5 nitrogen and oxygen atoms in total. The molecule has 0 amide bonds. The van der Waals surface area contributed by atoms with Gasteiger partial charge in [-0.2, -0.15) is 0 Å². The Balaban J connectivity index is 1.57. The minimum Gasteiger partial charge on any atom is -0.347 e. The first-order valence-corrected chi connectivity index (χ1v) is 9.04. The third-order valence-corrected chi connectivity index (χ3v) is 5.59. The van der Waals surface area contributed by atoms with Crippen molar-refractivity contribution in [2.75, 3.05) is 13.2 Å². The normalized spacial score (nSPS) is 24.7. The Hall–Kier alpha value is -1.02. The van der Waals surface area contributed by atoms with Gasteiger partial charge in [-0.1, -0.05) is 6.42 Å². The fourth-order valence-electron chi connectivity index (χ4n) is 2.97. The van der Waals surface area contributed by atoms with E-state index >= 15 is 0 Å². The molecule has 22 heavy (non-hydrogen) atoms. The number of sulfonamides is 1. The van der Waals surface area contributed by atoms with Crippen LogP contribution in [0.3, 0.4) is 0 Å². The molecular formula is C15H20FNO4S. The van der Waals surface area contributed by atoms with Gasteiger partial charge in [-0.05, 0) is 37.1 Å². The van der Waals surface area contributed by atoms with Gasteiger partial charge in [0.2, 0.25) is 10.0 Å². The lowest BCUT2D eigenvalue weighted by molar-refractivity contribution is -0.186. The Labute approximate surface area is 129 Å². The Kier molecular flexibility index (Phi) is 4.49. The lowest BCUT2D eigenvalue weighted by Gasteiger charge is -2.31. The summed E-state index contributed by atoms with van der Waals surface area (Å²) in [5.74, 6) is -0.977. The number of hydrogen-bond donors (Lipinski definition) is 1. The van der Waals surface area contributed by atoms with Crippen LogP contribution in [0.25, 0.3) is 0 Å². The number of ether oxygens (including phenoxy) is 2. The van der Waals surface area contributed by atoms with Crippen LogP contribution >= 0.6 is 0 Å². The van der Waals surface area contributed by atoms with Gasteiger partial charge in [-0.3, -0.25) is 0 Å². The molecule has 0 radical (unpaired) electrons. The largest absolute Gasteiger partial charge is 0.347 e. The van der Waals surface area contributed by atoms with Crippen LogP contribution in [0.1, 0.15) is 32.1 Å². The minimum absolute atomic E-state index is 0.0418. The molecule has 2 aliphatic rings. The first-order valence-electron chi connectivity index (χ1n) is 7.56. The second kappa shape index (κ2) is 6.23. The molecule has 1 aromatic rings. The molecular weight excluding hydrogens is 309 g/mol. The van der Waals surface area contributed by atoms with Gasteiger partial charge in [0.15, 0.2) is 5.79 Å². The summed E-state index contributed by atoms with van der Waals surface area (Å²) in [4.78, 5) is 0.0418. The molecule has 0 bridgehead atoms. The van der Waals surface area contributed by atoms with Crippen molar-refractivity contribution in [3.63, 3.8) is 0 Å². The van der Waals surface area contributed by atoms with Crippen molar-refractivity contribution in [2.45, 2.75) is 48.9 Å². The van der Waals surface area contributed by atoms with Crippen LogP contribution in [-0.4, -0.2) is 33.5 Å². The topological polar surface area (TPSA) is 64.6 Å². The molecule has 0 unspecified atom stereocenters. The predicted molar refractivity (Wildman–Crippen MR) is 78.2 cm³/mol. The van der Waals surface area contributed by atoms with E-state index < -0.39 is 21.6 Å². The second-order valence-corrected chi connectivity index (χ2v) is 7.59. The second-order valence-electron chi connectivity index (χ2n) is 5.83. The molecule has 1 aliphatic heterocycles. The molecule has 1 spiro atoms. The first-order chi connectivity index (χ1) is 10.5. The summed E-state index contributed by atoms with van der Waals surface area (Å²) in [6.07, 6.45) is 4.80. The van der Waals surface area contributed by atoms with E-state index in [0.29, 0.717) is 6.61 Å². The van der Waals surface area contributed by atoms with Crippen LogP contribution < -0.4 is 4.72 Å². The highest BCUT2D eigenvalue weighted by Crippen LogP contribution is 2.37. The summed E-state index contributed by atoms with van der Waals surface area (Å²) in [6, 6.07) is 4.74. The Morgan fingerprint density at radius 2 is 1.86 bits per heavy atom. The summed E-state index contributed by atoms with van der Waals surface area (Å²) in [7, 11) is -3.66. The van der Waals surface area contributed by atoms with Crippen LogP contribution in [0.15, 0.2) is 29.2 Å². The number of benzene rings is 1. The average molecular weight is 329 g/mol. The molecule has 1 saturated carbocycles. The van der Waals surface area contributed by atoms with E-state index in [1.165, 1.54) is 18.6 Å². The molecule has 2 fully saturated rings. The van der Waals surface area contributed by atoms with E-state index in [2.05, 4.69) is 4.72 Å². The zero-order valence-corrected chi connectivity index (χ0v) is 13.1. The maximum absolute atomic E-state index is 12.9. The Bertz CT molecular complexity index is 611. The van der Waals surface area contributed by atoms with Crippen LogP contribution in [0.4, 0.5) is 4.39 Å². The van der Waals surface area contributed by atoms with E-state index in [-0.39, 0.29) is 17.5 Å². The Morgan fingerprint density at radius 3 is 2.55 bits per heavy atom. The van der Waals surface area contributed by atoms with Crippen molar-refractivity contribution in [3.8, 4) is 0 Å². The van der Waals surface area contributed by atoms with Crippen LogP contribution in [0, 0.1) is 5.82 Å². The van der Waals surface area contributed by atoms with Gasteiger partial charge in [0.05, 0.1) is 17.6 Å². The quantitative estimate of drug-likeness (QED) is 0.919. The van der Waals surface area contributed by atoms with Gasteiger partial charge in [0.25, 0.3) is 0 Å². The van der Waals surface area contributed by atoms with E-state index in [0.717, 1.165) is 37.8 Å². The number of halogens is 1. The highest BCUT2D eigenvalue weighted by molar-refractivity contribution is 7.89. The maximum atomic E-state index is 12.9. The molecule has 1 heterocycles. The van der Waals surface area contributed by atoms with E-state index in [1.807, 2.05) is 0 Å². The highest BCUT2D eigenvalue weighted by Gasteiger charge is 2.42. The van der Waals surface area contributed by atoms with Crippen molar-refractivity contribution in [2.24, 2.45) is 0 Å². The van der Waals surface area contributed by atoms with Crippen molar-refractivity contribution in [1.29, 1.82) is 0 Å². The van der Waals surface area contributed by atoms with Gasteiger partial charge in [-0.15, -0.1) is 0 Å². The molecule has 1 aromatic carbocycles. The minimum atomic E-state index is -3.66. The van der Waals surface area contributed by atoms with Crippen LogP contribution in [0.2, 0.25) is 0 Å². The number of nitrogens with one attached hydrogen (secondary N) is 1. The number of rotatable bonds is 4. The lowest BCUT2D eigenvalue weighted by atomic mass is 9.94. The van der Waals surface area contributed by atoms with E-state index in [9.17, 15) is 12.8 Å². The fourth-order valence-corrected chi connectivity index (χ4v) is 4.04. The van der Waals surface area contributed by atoms with Crippen LogP contribution in [0.5, 0.6) is 0 Å². The van der Waals surface area contributed by atoms with Crippen LogP contribution in [-0.2, 0) is 19.5 Å². The van der Waals surface area contributed by atoms with Gasteiger partial charge >= 0.3 is 0 Å². The third-order valence-electron chi connectivity index (χ3n) is 4.15. The number of hydrogen-bond acceptors (Lipinski definition) is 4. The molecule has 0 aromatic heterocycles. The zero-order valence-electron chi connectivity index (χ0n) is 12.3. The molecule has 1 saturated heterocycles. The summed E-state index contributed by atoms with van der Waals surface area (Å²) >= 11 is 0. The van der Waals surface area contributed by atoms with E-state index in [1.54, 1.807) is 0 Å². The third kappa shape index (κ3) is 3.48. The molecule has 3 rings (SSSR count). The fraction of sp³-hybridized carbons (Fsp3) is 0.600. The van der Waals surface area contributed by atoms with E-state index in [4.69, 9.17) is 9.47 Å². The predicted octanol–water partition coefficient (Wildman–Crippen LogP) is 2.18. The SMILES string of the molecule is O=S(=O)(NC[C@H]1COC2(CCCCC2)O1)c1ccc(F)cc1. The standard InChI is InChI=1S/C15H20FNO4S/c16-12-4-6-14(7-5-12)22(18,19)17-10-13-11-20-15(21-13)8-2-1-3-9-15/h4-7,13,17H,1-3,8-11H2/t13-/m0/s1. The maximum Gasteiger partial charge on any atom is 0.240 e. The van der Waals surface area contributed by atoms with Gasteiger partial charge in [-0.25, -0.2) is 17.5 Å². The highest BCUT2D eigenvalue weighted by atomic mass is 32.2. The van der Waals surface area contributed by atoms with Crippen molar-refractivity contribution < 1.29 is 22.3 Å². The summed E-state index contributed by atoms with van der Waals surface area (Å²) < 4.78 is 51.3. The van der Waals surface area contributed by atoms with Gasteiger partial charge < -0.3 is 9.47 Å². The molecule has 1 aliphatic carbocycles. The molecule has 1 atom stereocenters. The lowest BCUT2D eigenvalue weighted by Crippen LogP contribution is -2.37. The van der Waals surface area contributed by atoms with Crippen molar-refractivity contribution in [1.82, 2.24) is 4.72 Å². The average Bonchev–Trinajstić information content (AvgIpc) is 2.89. The van der Waals surface area contributed by atoms with Gasteiger partial charge in [0, 0.05) is 19.4 Å². The smallest absolute Gasteiger partial charge is 0.240 e.